The van der Waals surface area contributed by atoms with Crippen LogP contribution in [0.1, 0.15) is 29.7 Å². The summed E-state index contributed by atoms with van der Waals surface area (Å²) in [7, 11) is 1.34. The molecule has 1 aliphatic rings. The van der Waals surface area contributed by atoms with Gasteiger partial charge in [0.2, 0.25) is 0 Å². The number of fused-ring (bicyclic) bond motifs is 1. The molecule has 5 rings (SSSR count). The summed E-state index contributed by atoms with van der Waals surface area (Å²) in [4.78, 5) is 32.8. The molecular formula is C30H26N2O4S2. The summed E-state index contributed by atoms with van der Waals surface area (Å²) >= 11 is 2.94. The molecule has 6 nitrogen and oxygen atoms in total. The van der Waals surface area contributed by atoms with E-state index < -0.39 is 12.0 Å². The number of hydrogen-bond acceptors (Lipinski definition) is 7. The van der Waals surface area contributed by atoms with Crippen LogP contribution in [0.2, 0.25) is 0 Å². The fourth-order valence-electron chi connectivity index (χ4n) is 4.35. The summed E-state index contributed by atoms with van der Waals surface area (Å²) < 4.78 is 13.1. The van der Waals surface area contributed by atoms with E-state index in [1.54, 1.807) is 23.3 Å². The minimum atomic E-state index is -0.620. The number of carbonyl (C=O) groups is 1. The lowest BCUT2D eigenvalue weighted by Crippen LogP contribution is -2.39. The minimum Gasteiger partial charge on any atom is -0.489 e. The Labute approximate surface area is 228 Å². The van der Waals surface area contributed by atoms with E-state index in [1.807, 2.05) is 91.2 Å². The number of thiazole rings is 1. The summed E-state index contributed by atoms with van der Waals surface area (Å²) in [5.74, 6) is 0.255. The molecule has 8 heteroatoms. The number of benzene rings is 3. The van der Waals surface area contributed by atoms with Crippen molar-refractivity contribution in [2.45, 2.75) is 24.5 Å². The highest BCUT2D eigenvalue weighted by atomic mass is 32.2. The molecule has 0 saturated heterocycles. The second-order valence-electron chi connectivity index (χ2n) is 8.69. The van der Waals surface area contributed by atoms with Crippen molar-refractivity contribution in [1.82, 2.24) is 4.57 Å². The van der Waals surface area contributed by atoms with E-state index in [9.17, 15) is 9.59 Å². The van der Waals surface area contributed by atoms with Crippen molar-refractivity contribution in [1.29, 1.82) is 0 Å². The molecule has 0 amide bonds. The number of hydrogen-bond donors (Lipinski definition) is 0. The molecule has 2 heterocycles. The lowest BCUT2D eigenvalue weighted by molar-refractivity contribution is -0.136. The maximum absolute atomic E-state index is 13.7. The van der Waals surface area contributed by atoms with Gasteiger partial charge in [-0.05, 0) is 60.2 Å². The van der Waals surface area contributed by atoms with Gasteiger partial charge in [-0.3, -0.25) is 9.36 Å². The van der Waals surface area contributed by atoms with E-state index in [0.29, 0.717) is 27.2 Å². The van der Waals surface area contributed by atoms with Crippen molar-refractivity contribution < 1.29 is 14.3 Å². The highest BCUT2D eigenvalue weighted by molar-refractivity contribution is 7.98. The van der Waals surface area contributed by atoms with Crippen LogP contribution in [0.5, 0.6) is 5.75 Å². The molecule has 0 spiro atoms. The standard InChI is InChI=1S/C30H26N2O4S2/c1-19-26(29(34)35-2)27(22-11-15-24(37-3)16-12-22)32-28(33)25(38-30(32)31-19)17-20-9-13-23(14-10-20)36-18-21-7-5-4-6-8-21/h4-17,27H,18H2,1-3H3. The second-order valence-corrected chi connectivity index (χ2v) is 10.6. The lowest BCUT2D eigenvalue weighted by Gasteiger charge is -2.24. The molecule has 192 valence electrons. The van der Waals surface area contributed by atoms with E-state index in [2.05, 4.69) is 4.99 Å². The molecule has 1 aliphatic heterocycles. The number of aromatic nitrogens is 1. The topological polar surface area (TPSA) is 69.9 Å². The Hall–Kier alpha value is -3.88. The van der Waals surface area contributed by atoms with Gasteiger partial charge in [-0.1, -0.05) is 65.9 Å². The van der Waals surface area contributed by atoms with Crippen LogP contribution in [0.3, 0.4) is 0 Å². The molecule has 0 radical (unpaired) electrons. The molecule has 0 aliphatic carbocycles. The van der Waals surface area contributed by atoms with Crippen molar-refractivity contribution in [2.75, 3.05) is 13.4 Å². The molecule has 0 bridgehead atoms. The second kappa shape index (κ2) is 11.2. The van der Waals surface area contributed by atoms with Gasteiger partial charge < -0.3 is 9.47 Å². The van der Waals surface area contributed by atoms with Gasteiger partial charge in [0, 0.05) is 4.90 Å². The predicted molar refractivity (Wildman–Crippen MR) is 151 cm³/mol. The molecule has 38 heavy (non-hydrogen) atoms. The molecular weight excluding hydrogens is 516 g/mol. The van der Waals surface area contributed by atoms with E-state index in [4.69, 9.17) is 9.47 Å². The number of thioether (sulfide) groups is 1. The third-order valence-electron chi connectivity index (χ3n) is 6.28. The maximum Gasteiger partial charge on any atom is 0.338 e. The summed E-state index contributed by atoms with van der Waals surface area (Å²) in [6.45, 7) is 2.26. The Morgan fingerprint density at radius 3 is 2.42 bits per heavy atom. The summed E-state index contributed by atoms with van der Waals surface area (Å²) in [6.07, 6.45) is 3.85. The number of ether oxygens (including phenoxy) is 2. The van der Waals surface area contributed by atoms with Gasteiger partial charge in [0.15, 0.2) is 4.80 Å². The van der Waals surface area contributed by atoms with Crippen molar-refractivity contribution >= 4 is 35.1 Å². The van der Waals surface area contributed by atoms with E-state index in [1.165, 1.54) is 18.4 Å². The average molecular weight is 543 g/mol. The Morgan fingerprint density at radius 2 is 1.76 bits per heavy atom. The van der Waals surface area contributed by atoms with Gasteiger partial charge in [-0.2, -0.15) is 0 Å². The van der Waals surface area contributed by atoms with Gasteiger partial charge in [0.1, 0.15) is 12.4 Å². The normalized spacial score (nSPS) is 15.1. The zero-order chi connectivity index (χ0) is 26.6. The molecule has 3 aromatic carbocycles. The SMILES string of the molecule is COC(=O)C1=C(C)N=c2sc(=Cc3ccc(OCc4ccccc4)cc3)c(=O)n2C1c1ccc(SC)cc1. The van der Waals surface area contributed by atoms with E-state index in [0.717, 1.165) is 27.3 Å². The number of nitrogens with zero attached hydrogens (tertiary/aromatic N) is 2. The van der Waals surface area contributed by atoms with Crippen LogP contribution in [-0.2, 0) is 16.1 Å². The fourth-order valence-corrected chi connectivity index (χ4v) is 5.80. The van der Waals surface area contributed by atoms with E-state index >= 15 is 0 Å². The molecule has 0 N–H and O–H groups in total. The number of carbonyl (C=O) groups excluding carboxylic acids is 1. The van der Waals surface area contributed by atoms with Crippen LogP contribution in [0.15, 0.2) is 105 Å². The first-order chi connectivity index (χ1) is 18.5. The Balaban J connectivity index is 1.51. The molecule has 1 unspecified atom stereocenters. The first-order valence-corrected chi connectivity index (χ1v) is 14.0. The van der Waals surface area contributed by atoms with Gasteiger partial charge >= 0.3 is 5.97 Å². The molecule has 1 atom stereocenters. The van der Waals surface area contributed by atoms with Gasteiger partial charge in [-0.15, -0.1) is 11.8 Å². The Bertz CT molecular complexity index is 1670. The monoisotopic (exact) mass is 542 g/mol. The summed E-state index contributed by atoms with van der Waals surface area (Å²) in [5, 5.41) is 0. The van der Waals surface area contributed by atoms with Gasteiger partial charge in [0.05, 0.1) is 29.0 Å². The van der Waals surface area contributed by atoms with Crippen LogP contribution >= 0.6 is 23.1 Å². The summed E-state index contributed by atoms with van der Waals surface area (Å²) in [5.41, 5.74) is 3.49. The first kappa shape index (κ1) is 25.8. The maximum atomic E-state index is 13.7. The first-order valence-electron chi connectivity index (χ1n) is 12.0. The highest BCUT2D eigenvalue weighted by Crippen LogP contribution is 2.31. The van der Waals surface area contributed by atoms with Crippen molar-refractivity contribution in [3.8, 4) is 5.75 Å². The van der Waals surface area contributed by atoms with Crippen LogP contribution in [0.25, 0.3) is 6.08 Å². The fraction of sp³-hybridized carbons (Fsp3) is 0.167. The lowest BCUT2D eigenvalue weighted by atomic mass is 9.96. The van der Waals surface area contributed by atoms with Crippen LogP contribution in [-0.4, -0.2) is 23.9 Å². The van der Waals surface area contributed by atoms with Crippen LogP contribution in [0.4, 0.5) is 0 Å². The van der Waals surface area contributed by atoms with Crippen molar-refractivity contribution in [3.63, 3.8) is 0 Å². The van der Waals surface area contributed by atoms with Crippen LogP contribution < -0.4 is 19.6 Å². The van der Waals surface area contributed by atoms with Gasteiger partial charge in [0.25, 0.3) is 5.56 Å². The zero-order valence-corrected chi connectivity index (χ0v) is 22.8. The molecule has 0 fully saturated rings. The molecule has 1 aromatic heterocycles. The quantitative estimate of drug-likeness (QED) is 0.250. The number of allylic oxidation sites excluding steroid dienone is 1. The third kappa shape index (κ3) is 5.23. The minimum absolute atomic E-state index is 0.203. The average Bonchev–Trinajstić information content (AvgIpc) is 3.26. The van der Waals surface area contributed by atoms with Crippen molar-refractivity contribution in [3.05, 3.63) is 127 Å². The number of rotatable bonds is 7. The number of methoxy groups -OCH3 is 1. The zero-order valence-electron chi connectivity index (χ0n) is 21.2. The predicted octanol–water partition coefficient (Wildman–Crippen LogP) is 4.71. The Kier molecular flexibility index (Phi) is 7.62. The van der Waals surface area contributed by atoms with Crippen LogP contribution in [0, 0.1) is 0 Å². The largest absolute Gasteiger partial charge is 0.489 e. The summed E-state index contributed by atoms with van der Waals surface area (Å²) in [6, 6.07) is 24.9. The number of esters is 1. The highest BCUT2D eigenvalue weighted by Gasteiger charge is 2.33. The van der Waals surface area contributed by atoms with Crippen molar-refractivity contribution in [2.24, 2.45) is 4.99 Å². The third-order valence-corrected chi connectivity index (χ3v) is 8.01. The van der Waals surface area contributed by atoms with Gasteiger partial charge in [-0.25, -0.2) is 9.79 Å². The molecule has 4 aromatic rings. The van der Waals surface area contributed by atoms with E-state index in [-0.39, 0.29) is 5.56 Å². The Morgan fingerprint density at radius 1 is 1.05 bits per heavy atom. The molecule has 0 saturated carbocycles. The smallest absolute Gasteiger partial charge is 0.338 e.